The second-order valence-corrected chi connectivity index (χ2v) is 9.15. The van der Waals surface area contributed by atoms with E-state index in [1.54, 1.807) is 13.8 Å². The Morgan fingerprint density at radius 3 is 2.51 bits per heavy atom. The van der Waals surface area contributed by atoms with Crippen LogP contribution in [0.5, 0.6) is 5.75 Å². The van der Waals surface area contributed by atoms with Gasteiger partial charge in [-0.2, -0.15) is 0 Å². The Balaban J connectivity index is 0.00000342. The summed E-state index contributed by atoms with van der Waals surface area (Å²) in [6.07, 6.45) is 2.00. The Bertz CT molecular complexity index is 1230. The number of likely N-dealkylation sites (tertiary alicyclic amines) is 1. The van der Waals surface area contributed by atoms with E-state index in [0.29, 0.717) is 40.2 Å². The predicted octanol–water partition coefficient (Wildman–Crippen LogP) is 2.35. The van der Waals surface area contributed by atoms with E-state index in [2.05, 4.69) is 34.5 Å². The number of piperidine rings is 1. The molecule has 1 saturated heterocycles. The summed E-state index contributed by atoms with van der Waals surface area (Å²) in [4.78, 5) is 26.7. The summed E-state index contributed by atoms with van der Waals surface area (Å²) in [5.74, 6) is -0.590. The second kappa shape index (κ2) is 11.7. The highest BCUT2D eigenvalue weighted by Crippen LogP contribution is 2.30. The Kier molecular flexibility index (Phi) is 8.94. The number of fused-ring (bicyclic) bond motifs is 1. The zero-order valence-corrected chi connectivity index (χ0v) is 21.3. The Hall–Kier alpha value is -2.87. The van der Waals surface area contributed by atoms with Gasteiger partial charge in [-0.25, -0.2) is 4.79 Å². The summed E-state index contributed by atoms with van der Waals surface area (Å²) in [5.41, 5.74) is 3.11. The van der Waals surface area contributed by atoms with Crippen molar-refractivity contribution < 1.29 is 24.4 Å². The van der Waals surface area contributed by atoms with Crippen molar-refractivity contribution in [1.82, 2.24) is 4.90 Å². The van der Waals surface area contributed by atoms with Crippen LogP contribution in [0.2, 0.25) is 0 Å². The molecule has 35 heavy (non-hydrogen) atoms. The molecule has 0 aliphatic carbocycles. The molecule has 0 radical (unpaired) electrons. The van der Waals surface area contributed by atoms with Gasteiger partial charge in [-0.05, 0) is 42.2 Å². The minimum absolute atomic E-state index is 0. The molecule has 2 heterocycles. The van der Waals surface area contributed by atoms with Crippen LogP contribution in [-0.2, 0) is 29.0 Å². The highest BCUT2D eigenvalue weighted by molar-refractivity contribution is 5.87. The molecule has 1 aliphatic rings. The van der Waals surface area contributed by atoms with E-state index < -0.39 is 11.6 Å². The number of esters is 1. The summed E-state index contributed by atoms with van der Waals surface area (Å²) < 4.78 is 10.2. The first-order valence-electron chi connectivity index (χ1n) is 11.8. The molecule has 8 heteroatoms. The fourth-order valence-corrected chi connectivity index (χ4v) is 4.79. The Morgan fingerprint density at radius 1 is 1.17 bits per heavy atom. The molecule has 0 amide bonds. The predicted molar refractivity (Wildman–Crippen MR) is 135 cm³/mol. The number of benzene rings is 2. The topological polar surface area (TPSA) is 99.4 Å². The van der Waals surface area contributed by atoms with Crippen molar-refractivity contribution in [2.24, 2.45) is 0 Å². The van der Waals surface area contributed by atoms with Gasteiger partial charge in [-0.1, -0.05) is 36.1 Å². The fraction of sp³-hybridized carbons (Fsp3) is 0.407. The maximum Gasteiger partial charge on any atom is 0.340 e. The number of hydrogen-bond donors (Lipinski definition) is 1. The highest BCUT2D eigenvalue weighted by atomic mass is 35.5. The van der Waals surface area contributed by atoms with Gasteiger partial charge < -0.3 is 19.6 Å². The maximum atomic E-state index is 13.0. The number of carbonyl (C=O) groups excluding carboxylic acids is 1. The number of nitrogens with zero attached hydrogens (tertiary/aromatic N) is 1. The van der Waals surface area contributed by atoms with Crippen molar-refractivity contribution in [2.75, 3.05) is 20.2 Å². The Morgan fingerprint density at radius 2 is 1.86 bits per heavy atom. The Labute approximate surface area is 211 Å². The van der Waals surface area contributed by atoms with Crippen LogP contribution in [0.15, 0.2) is 45.6 Å². The van der Waals surface area contributed by atoms with Crippen LogP contribution in [0.3, 0.4) is 0 Å². The third-order valence-electron chi connectivity index (χ3n) is 6.93. The molecule has 0 saturated carbocycles. The normalized spacial score (nSPS) is 14.6. The van der Waals surface area contributed by atoms with E-state index in [4.69, 9.17) is 9.15 Å². The van der Waals surface area contributed by atoms with E-state index in [1.165, 1.54) is 12.7 Å². The van der Waals surface area contributed by atoms with E-state index >= 15 is 0 Å². The van der Waals surface area contributed by atoms with E-state index in [1.807, 2.05) is 12.1 Å². The number of ether oxygens (including phenoxy) is 1. The average molecular weight is 501 g/mol. The fourth-order valence-electron chi connectivity index (χ4n) is 4.79. The minimum Gasteiger partial charge on any atom is -0.872 e. The second-order valence-electron chi connectivity index (χ2n) is 9.15. The van der Waals surface area contributed by atoms with Gasteiger partial charge in [0.2, 0.25) is 0 Å². The molecule has 1 aromatic heterocycles. The van der Waals surface area contributed by atoms with Crippen LogP contribution in [0.25, 0.3) is 11.0 Å². The van der Waals surface area contributed by atoms with Crippen molar-refractivity contribution >= 4 is 29.3 Å². The van der Waals surface area contributed by atoms with Crippen molar-refractivity contribution in [3.05, 3.63) is 74.6 Å². The molecular formula is C27H33ClN2O5. The van der Waals surface area contributed by atoms with Crippen LogP contribution >= 0.6 is 12.4 Å². The van der Waals surface area contributed by atoms with Gasteiger partial charge in [-0.15, -0.1) is 12.4 Å². The molecule has 0 atom stereocenters. The van der Waals surface area contributed by atoms with Crippen LogP contribution < -0.4 is 16.0 Å². The van der Waals surface area contributed by atoms with Gasteiger partial charge in [0.15, 0.2) is 0 Å². The molecular weight excluding hydrogens is 468 g/mol. The monoisotopic (exact) mass is 500 g/mol. The van der Waals surface area contributed by atoms with Gasteiger partial charge in [0.05, 0.1) is 25.1 Å². The maximum absolute atomic E-state index is 13.0. The molecule has 1 fully saturated rings. The molecule has 2 aromatic carbocycles. The van der Waals surface area contributed by atoms with E-state index in [0.717, 1.165) is 32.5 Å². The first-order valence-corrected chi connectivity index (χ1v) is 11.8. The van der Waals surface area contributed by atoms with Crippen LogP contribution in [0.1, 0.15) is 40.7 Å². The summed E-state index contributed by atoms with van der Waals surface area (Å²) in [6, 6.07) is 12.8. The van der Waals surface area contributed by atoms with Crippen molar-refractivity contribution in [3.63, 3.8) is 0 Å². The highest BCUT2D eigenvalue weighted by Gasteiger charge is 2.22. The quantitative estimate of drug-likeness (QED) is 0.395. The van der Waals surface area contributed by atoms with E-state index in [9.17, 15) is 14.7 Å². The molecule has 188 valence electrons. The standard InChI is InChI=1S/C27H32N2O5.ClH/c1-17-22-13-20(25(31)18(2)26(22)34-27(32)23(17)14-24(30)33-3)15-28-21-9-11-29(12-10-21)16-19-7-5-4-6-8-19;/h4-8,13,21,28,31H,9-12,14-16H2,1-3H3;1H. The molecule has 3 aromatic rings. The van der Waals surface area contributed by atoms with Gasteiger partial charge >= 0.3 is 11.6 Å². The summed E-state index contributed by atoms with van der Waals surface area (Å²) in [7, 11) is 1.29. The van der Waals surface area contributed by atoms with Crippen LogP contribution in [-0.4, -0.2) is 37.1 Å². The van der Waals surface area contributed by atoms with Gasteiger partial charge in [0.25, 0.3) is 0 Å². The number of carbonyl (C=O) groups is 1. The first kappa shape index (κ1) is 26.7. The lowest BCUT2D eigenvalue weighted by atomic mass is 9.98. The van der Waals surface area contributed by atoms with Crippen LogP contribution in [0.4, 0.5) is 0 Å². The van der Waals surface area contributed by atoms with Crippen LogP contribution in [0, 0.1) is 13.8 Å². The SMILES string of the molecule is COC(=O)Cc1c(C)c2cc(C[NH2+]C3CCN(Cc4ccccc4)CC3)c([O-])c(C)c2oc1=O.Cl. The molecule has 7 nitrogen and oxygen atoms in total. The largest absolute Gasteiger partial charge is 0.872 e. The number of nitrogens with two attached hydrogens (primary N) is 1. The van der Waals surface area contributed by atoms with E-state index in [-0.39, 0.29) is 30.1 Å². The smallest absolute Gasteiger partial charge is 0.340 e. The summed E-state index contributed by atoms with van der Waals surface area (Å²) >= 11 is 0. The number of rotatable bonds is 7. The molecule has 1 aliphatic heterocycles. The minimum atomic E-state index is -0.598. The first-order chi connectivity index (χ1) is 16.4. The van der Waals surface area contributed by atoms with Crippen molar-refractivity contribution in [1.29, 1.82) is 0 Å². The molecule has 4 rings (SSSR count). The number of aryl methyl sites for hydroxylation is 2. The lowest BCUT2D eigenvalue weighted by molar-refractivity contribution is -0.707. The van der Waals surface area contributed by atoms with Gasteiger partial charge in [0, 0.05) is 37.9 Å². The third kappa shape index (κ3) is 6.04. The van der Waals surface area contributed by atoms with Crippen molar-refractivity contribution in [2.45, 2.75) is 52.2 Å². The number of halogens is 1. The number of methoxy groups -OCH3 is 1. The zero-order chi connectivity index (χ0) is 24.2. The molecule has 2 N–H and O–H groups in total. The zero-order valence-electron chi connectivity index (χ0n) is 20.5. The third-order valence-corrected chi connectivity index (χ3v) is 6.93. The van der Waals surface area contributed by atoms with Gasteiger partial charge in [-0.3, -0.25) is 9.69 Å². The van der Waals surface area contributed by atoms with Crippen molar-refractivity contribution in [3.8, 4) is 5.75 Å². The summed E-state index contributed by atoms with van der Waals surface area (Å²) in [6.45, 7) is 7.11. The molecule has 0 bridgehead atoms. The average Bonchev–Trinajstić information content (AvgIpc) is 2.85. The summed E-state index contributed by atoms with van der Waals surface area (Å²) in [5, 5.41) is 15.9. The molecule has 0 unspecified atom stereocenters. The lowest BCUT2D eigenvalue weighted by Crippen LogP contribution is -2.89. The number of hydrogen-bond acceptors (Lipinski definition) is 6. The lowest BCUT2D eigenvalue weighted by Gasteiger charge is -2.31. The van der Waals surface area contributed by atoms with Gasteiger partial charge in [0.1, 0.15) is 12.1 Å². The molecule has 0 spiro atoms. The number of quaternary nitrogens is 1.